The lowest BCUT2D eigenvalue weighted by Crippen LogP contribution is -2.62. The lowest BCUT2D eigenvalue weighted by Gasteiger charge is -2.45. The Hall–Kier alpha value is -10.4. The highest BCUT2D eigenvalue weighted by atomic mass is 15.2. The Balaban J connectivity index is 0.975. The molecule has 13 aromatic carbocycles. The maximum atomic E-state index is 2.67. The van der Waals surface area contributed by atoms with Crippen molar-refractivity contribution in [1.82, 2.24) is 4.57 Å². The van der Waals surface area contributed by atoms with Crippen molar-refractivity contribution in [2.75, 3.05) is 9.80 Å². The van der Waals surface area contributed by atoms with Crippen LogP contribution in [0.25, 0.3) is 105 Å². The number of rotatable bonds is 5. The highest BCUT2D eigenvalue weighted by molar-refractivity contribution is 7.01. The summed E-state index contributed by atoms with van der Waals surface area (Å²) in [6, 6.07) is 90.1. The first kappa shape index (κ1) is 53.4. The van der Waals surface area contributed by atoms with E-state index in [0.717, 1.165) is 17.1 Å². The molecule has 3 aliphatic carbocycles. The van der Waals surface area contributed by atoms with Crippen LogP contribution in [-0.2, 0) is 10.8 Å². The molecule has 0 amide bonds. The molecule has 0 saturated heterocycles. The van der Waals surface area contributed by atoms with E-state index in [1.54, 1.807) is 0 Å². The molecule has 0 atom stereocenters. The van der Waals surface area contributed by atoms with Crippen molar-refractivity contribution in [2.45, 2.75) is 80.1 Å². The van der Waals surface area contributed by atoms with Crippen LogP contribution in [0, 0.1) is 41.5 Å². The van der Waals surface area contributed by atoms with Gasteiger partial charge in [-0.15, -0.1) is 0 Å². The fraction of sp³-hybridized carbons (Fsp3) is 0.136. The molecule has 0 saturated carbocycles. The number of hydrogen-bond donors (Lipinski definition) is 0. The maximum Gasteiger partial charge on any atom is 0.252 e. The van der Waals surface area contributed by atoms with Crippen molar-refractivity contribution < 1.29 is 0 Å². The normalized spacial score (nSPS) is 14.5. The summed E-state index contributed by atoms with van der Waals surface area (Å²) in [6.07, 6.45) is 0. The summed E-state index contributed by atoms with van der Waals surface area (Å²) >= 11 is 0. The minimum atomic E-state index is -0.233. The third kappa shape index (κ3) is 7.02. The number of aromatic nitrogens is 1. The molecule has 2 aliphatic heterocycles. The van der Waals surface area contributed by atoms with Gasteiger partial charge in [-0.1, -0.05) is 209 Å². The van der Waals surface area contributed by atoms with Crippen LogP contribution in [0.2, 0.25) is 0 Å². The highest BCUT2D eigenvalue weighted by Gasteiger charge is 2.49. The fourth-order valence-corrected chi connectivity index (χ4v) is 18.6. The molecule has 1 aromatic heterocycles. The van der Waals surface area contributed by atoms with E-state index >= 15 is 0 Å². The molecular formula is C88H68BN3. The van der Waals surface area contributed by atoms with E-state index in [0.29, 0.717) is 0 Å². The average Bonchev–Trinajstić information content (AvgIpc) is 1.13. The van der Waals surface area contributed by atoms with E-state index < -0.39 is 0 Å². The highest BCUT2D eigenvalue weighted by Crippen LogP contribution is 2.57. The summed E-state index contributed by atoms with van der Waals surface area (Å²) in [4.78, 5) is 5.33. The number of hydrogen-bond acceptors (Lipinski definition) is 2. The number of anilines is 6. The first-order chi connectivity index (χ1) is 44.6. The molecule has 3 nitrogen and oxygen atoms in total. The molecule has 4 heteroatoms. The summed E-state index contributed by atoms with van der Waals surface area (Å²) in [5.41, 5.74) is 42.9. The van der Waals surface area contributed by atoms with Gasteiger partial charge in [0.2, 0.25) is 0 Å². The zero-order valence-electron chi connectivity index (χ0n) is 53.9. The smallest absolute Gasteiger partial charge is 0.252 e. The number of nitrogens with zero attached hydrogens (tertiary/aromatic N) is 3. The summed E-state index contributed by atoms with van der Waals surface area (Å²) in [7, 11) is 0. The molecule has 3 heterocycles. The number of benzene rings is 13. The summed E-state index contributed by atoms with van der Waals surface area (Å²) in [5, 5.41) is 5.16. The minimum absolute atomic E-state index is 0.156. The Kier molecular flexibility index (Phi) is 10.8. The van der Waals surface area contributed by atoms with Crippen molar-refractivity contribution in [3.05, 3.63) is 286 Å². The van der Waals surface area contributed by atoms with Crippen molar-refractivity contribution >= 4 is 89.8 Å². The van der Waals surface area contributed by atoms with Gasteiger partial charge in [-0.2, -0.15) is 0 Å². The van der Waals surface area contributed by atoms with Gasteiger partial charge in [-0.25, -0.2) is 0 Å². The Morgan fingerprint density at radius 3 is 1.50 bits per heavy atom. The summed E-state index contributed by atoms with van der Waals surface area (Å²) < 4.78 is 2.62. The number of fused-ring (bicyclic) bond motifs is 14. The largest absolute Gasteiger partial charge is 0.311 e. The first-order valence-electron chi connectivity index (χ1n) is 32.9. The Morgan fingerprint density at radius 1 is 0.304 bits per heavy atom. The molecule has 14 aromatic rings. The van der Waals surface area contributed by atoms with Crippen molar-refractivity contribution in [3.63, 3.8) is 0 Å². The van der Waals surface area contributed by atoms with Crippen LogP contribution in [0.1, 0.15) is 83.3 Å². The number of aryl methyl sites for hydroxylation is 6. The van der Waals surface area contributed by atoms with Gasteiger partial charge >= 0.3 is 0 Å². The Labute approximate surface area is 539 Å². The van der Waals surface area contributed by atoms with E-state index in [-0.39, 0.29) is 17.5 Å². The summed E-state index contributed by atoms with van der Waals surface area (Å²) in [5.74, 6) is 0. The molecule has 0 radical (unpaired) electrons. The molecule has 19 rings (SSSR count). The van der Waals surface area contributed by atoms with Crippen LogP contribution in [0.15, 0.2) is 231 Å². The van der Waals surface area contributed by atoms with Gasteiger partial charge in [0, 0.05) is 55.7 Å². The zero-order valence-corrected chi connectivity index (χ0v) is 53.9. The third-order valence-electron chi connectivity index (χ3n) is 22.2. The van der Waals surface area contributed by atoms with Crippen LogP contribution in [0.4, 0.5) is 34.1 Å². The van der Waals surface area contributed by atoms with Gasteiger partial charge in [-0.3, -0.25) is 0 Å². The molecule has 5 aliphatic rings. The van der Waals surface area contributed by atoms with Gasteiger partial charge in [-0.05, 0) is 241 Å². The monoisotopic (exact) mass is 1180 g/mol. The van der Waals surface area contributed by atoms with Gasteiger partial charge in [0.05, 0.1) is 16.7 Å². The van der Waals surface area contributed by atoms with Gasteiger partial charge in [0.25, 0.3) is 6.71 Å². The zero-order chi connectivity index (χ0) is 62.1. The molecule has 0 unspecified atom stereocenters. The van der Waals surface area contributed by atoms with Crippen LogP contribution in [0.5, 0.6) is 0 Å². The van der Waals surface area contributed by atoms with Crippen molar-refractivity contribution in [3.8, 4) is 72.4 Å². The molecule has 0 bridgehead atoms. The van der Waals surface area contributed by atoms with E-state index in [4.69, 9.17) is 0 Å². The second kappa shape index (κ2) is 18.6. The summed E-state index contributed by atoms with van der Waals surface area (Å²) in [6.45, 7) is 23.1. The van der Waals surface area contributed by atoms with E-state index in [1.807, 2.05) is 0 Å². The molecule has 0 N–H and O–H groups in total. The fourth-order valence-electron chi connectivity index (χ4n) is 18.6. The molecule has 92 heavy (non-hydrogen) atoms. The first-order valence-corrected chi connectivity index (χ1v) is 32.9. The molecule has 0 fully saturated rings. The Morgan fingerprint density at radius 2 is 0.815 bits per heavy atom. The molecular weight excluding hydrogens is 1110 g/mol. The van der Waals surface area contributed by atoms with Crippen LogP contribution in [-0.4, -0.2) is 11.3 Å². The third-order valence-corrected chi connectivity index (χ3v) is 22.2. The van der Waals surface area contributed by atoms with E-state index in [2.05, 4.69) is 314 Å². The quantitative estimate of drug-likeness (QED) is 0.159. The Bertz CT molecular complexity index is 5630. The van der Waals surface area contributed by atoms with Gasteiger partial charge < -0.3 is 14.4 Å². The van der Waals surface area contributed by atoms with Gasteiger partial charge in [0.15, 0.2) is 0 Å². The van der Waals surface area contributed by atoms with Crippen molar-refractivity contribution in [1.29, 1.82) is 0 Å². The second-order valence-corrected chi connectivity index (χ2v) is 28.3. The van der Waals surface area contributed by atoms with Crippen LogP contribution in [0.3, 0.4) is 0 Å². The maximum absolute atomic E-state index is 2.67. The predicted octanol–water partition coefficient (Wildman–Crippen LogP) is 21.5. The van der Waals surface area contributed by atoms with E-state index in [1.165, 1.54) is 194 Å². The predicted molar refractivity (Wildman–Crippen MR) is 391 cm³/mol. The molecule has 438 valence electrons. The topological polar surface area (TPSA) is 11.4 Å². The lowest BCUT2D eigenvalue weighted by atomic mass is 9.32. The SMILES string of the molecule is Cc1cc(C)c(-c2ccc(N3c4cc(-n5c6cccc7c6c6c8c(cccc8ccc65)-c5ccccc5-7)cc5c4B(c4cc(-c6c(C)cc(C)cc6C)ccc4N5c4ccc5c(c4)-c4ccccc4C5(C)C)c4c3ccc3c4-c4ccccc4C3(C)C)cc2)c(C)c1. The lowest BCUT2D eigenvalue weighted by molar-refractivity contribution is 0.660. The second-order valence-electron chi connectivity index (χ2n) is 28.3. The average molecular weight is 1180 g/mol. The van der Waals surface area contributed by atoms with Crippen molar-refractivity contribution in [2.24, 2.45) is 0 Å². The van der Waals surface area contributed by atoms with E-state index in [9.17, 15) is 0 Å². The minimum Gasteiger partial charge on any atom is -0.311 e. The van der Waals surface area contributed by atoms with Gasteiger partial charge in [0.1, 0.15) is 0 Å². The van der Waals surface area contributed by atoms with Crippen LogP contribution < -0.4 is 26.2 Å². The standard InChI is InChI=1S/C88H68BN3/c1-49-41-51(3)79(52(4)42-49)56-29-33-58(34-30-56)90-76-40-37-71-82(66-23-14-16-27-69(66)88(71,9)10)86(76)89-72-45-57(80-53(5)43-50(2)44-54(80)6)32-38-73(72)91(59-35-36-70-67(46-59)63-22-13-15-26-68(63)87(70,7)8)78-48-60(47-77(90)85(78)89)92-74-28-18-25-65-62-21-12-11-20-61(62)64-24-17-19-55-31-39-75(92)84(81(55)64)83(65)74/h11-48H,1-10H3. The van der Waals surface area contributed by atoms with Crippen LogP contribution >= 0.6 is 0 Å². The molecule has 0 spiro atoms.